The van der Waals surface area contributed by atoms with Crippen LogP contribution in [-0.4, -0.2) is 28.8 Å². The lowest BCUT2D eigenvalue weighted by Crippen LogP contribution is -2.34. The van der Waals surface area contributed by atoms with Gasteiger partial charge in [0, 0.05) is 43.5 Å². The zero-order chi connectivity index (χ0) is 13.9. The number of hydrogen-bond donors (Lipinski definition) is 1. The molecule has 0 saturated carbocycles. The molecule has 4 heteroatoms. The first-order valence-electron chi connectivity index (χ1n) is 6.68. The molecule has 0 aliphatic heterocycles. The Balaban J connectivity index is 2.28. The second-order valence-corrected chi connectivity index (χ2v) is 5.82. The lowest BCUT2D eigenvalue weighted by Gasteiger charge is -2.20. The number of aromatic nitrogens is 2. The molecule has 0 amide bonds. The van der Waals surface area contributed by atoms with Crippen LogP contribution >= 0.6 is 0 Å². The average molecular weight is 261 g/mol. The highest BCUT2D eigenvalue weighted by Crippen LogP contribution is 2.20. The van der Waals surface area contributed by atoms with Crippen LogP contribution in [0.2, 0.25) is 0 Å². The molecule has 0 unspecified atom stereocenters. The van der Waals surface area contributed by atoms with E-state index in [1.54, 1.807) is 7.11 Å². The highest BCUT2D eigenvalue weighted by atomic mass is 16.5. The van der Waals surface area contributed by atoms with E-state index in [1.165, 1.54) is 10.9 Å². The minimum absolute atomic E-state index is 0.114. The molecule has 0 atom stereocenters. The number of nitrogens with one attached hydrogen (secondary N) is 1. The molecular weight excluding hydrogens is 238 g/mol. The SMILES string of the molecule is COCCn1cc(CNC(C)(C)C)c2cccnc21. The molecule has 0 aliphatic carbocycles. The Morgan fingerprint density at radius 2 is 2.16 bits per heavy atom. The molecule has 1 N–H and O–H groups in total. The zero-order valence-corrected chi connectivity index (χ0v) is 12.2. The van der Waals surface area contributed by atoms with Crippen molar-refractivity contribution in [1.29, 1.82) is 0 Å². The summed E-state index contributed by atoms with van der Waals surface area (Å²) in [4.78, 5) is 4.48. The van der Waals surface area contributed by atoms with Gasteiger partial charge in [-0.05, 0) is 38.5 Å². The maximum absolute atomic E-state index is 5.15. The molecule has 104 valence electrons. The van der Waals surface area contributed by atoms with Crippen LogP contribution in [0.15, 0.2) is 24.5 Å². The van der Waals surface area contributed by atoms with Gasteiger partial charge >= 0.3 is 0 Å². The quantitative estimate of drug-likeness (QED) is 0.899. The average Bonchev–Trinajstić information content (AvgIpc) is 2.72. The molecule has 0 aliphatic rings. The minimum atomic E-state index is 0.114. The topological polar surface area (TPSA) is 39.1 Å². The summed E-state index contributed by atoms with van der Waals surface area (Å²) in [5, 5.41) is 4.75. The van der Waals surface area contributed by atoms with Crippen LogP contribution in [-0.2, 0) is 17.8 Å². The van der Waals surface area contributed by atoms with E-state index in [2.05, 4.69) is 47.9 Å². The second-order valence-electron chi connectivity index (χ2n) is 5.82. The van der Waals surface area contributed by atoms with Gasteiger partial charge in [-0.2, -0.15) is 0 Å². The van der Waals surface area contributed by atoms with E-state index in [-0.39, 0.29) is 5.54 Å². The predicted octanol–water partition coefficient (Wildman–Crippen LogP) is 2.57. The molecule has 0 radical (unpaired) electrons. The van der Waals surface area contributed by atoms with E-state index >= 15 is 0 Å². The van der Waals surface area contributed by atoms with Crippen LogP contribution in [0.1, 0.15) is 26.3 Å². The Hall–Kier alpha value is -1.39. The van der Waals surface area contributed by atoms with E-state index in [0.717, 1.165) is 18.7 Å². The van der Waals surface area contributed by atoms with Crippen molar-refractivity contribution in [1.82, 2.24) is 14.9 Å². The van der Waals surface area contributed by atoms with Crippen molar-refractivity contribution < 1.29 is 4.74 Å². The largest absolute Gasteiger partial charge is 0.383 e. The normalized spacial score (nSPS) is 12.2. The first-order chi connectivity index (χ1) is 9.01. The van der Waals surface area contributed by atoms with Crippen LogP contribution in [0, 0.1) is 0 Å². The molecule has 0 aromatic carbocycles. The summed E-state index contributed by atoms with van der Waals surface area (Å²) in [5.41, 5.74) is 2.43. The third-order valence-electron chi connectivity index (χ3n) is 3.06. The molecule has 2 aromatic heterocycles. The fourth-order valence-corrected chi connectivity index (χ4v) is 2.06. The van der Waals surface area contributed by atoms with Gasteiger partial charge in [0.25, 0.3) is 0 Å². The third-order valence-corrected chi connectivity index (χ3v) is 3.06. The molecule has 2 heterocycles. The summed E-state index contributed by atoms with van der Waals surface area (Å²) in [5.74, 6) is 0. The zero-order valence-electron chi connectivity index (χ0n) is 12.2. The highest BCUT2D eigenvalue weighted by molar-refractivity contribution is 5.80. The monoisotopic (exact) mass is 261 g/mol. The molecule has 19 heavy (non-hydrogen) atoms. The molecule has 0 bridgehead atoms. The van der Waals surface area contributed by atoms with Gasteiger partial charge in [0.05, 0.1) is 6.61 Å². The van der Waals surface area contributed by atoms with Crippen LogP contribution in [0.5, 0.6) is 0 Å². The highest BCUT2D eigenvalue weighted by Gasteiger charge is 2.13. The Morgan fingerprint density at radius 1 is 1.37 bits per heavy atom. The Labute approximate surface area is 114 Å². The number of rotatable bonds is 5. The number of hydrogen-bond acceptors (Lipinski definition) is 3. The first kappa shape index (κ1) is 14.0. The van der Waals surface area contributed by atoms with Crippen molar-refractivity contribution in [3.05, 3.63) is 30.1 Å². The van der Waals surface area contributed by atoms with E-state index in [0.29, 0.717) is 6.61 Å². The number of fused-ring (bicyclic) bond motifs is 1. The first-order valence-corrected chi connectivity index (χ1v) is 6.68. The lowest BCUT2D eigenvalue weighted by atomic mass is 10.1. The number of methoxy groups -OCH3 is 1. The van der Waals surface area contributed by atoms with E-state index in [9.17, 15) is 0 Å². The summed E-state index contributed by atoms with van der Waals surface area (Å²) < 4.78 is 7.32. The summed E-state index contributed by atoms with van der Waals surface area (Å²) in [6.45, 7) is 8.91. The summed E-state index contributed by atoms with van der Waals surface area (Å²) >= 11 is 0. The number of nitrogens with zero attached hydrogens (tertiary/aromatic N) is 2. The maximum Gasteiger partial charge on any atom is 0.140 e. The Morgan fingerprint density at radius 3 is 2.84 bits per heavy atom. The van der Waals surface area contributed by atoms with Crippen LogP contribution < -0.4 is 5.32 Å². The van der Waals surface area contributed by atoms with Gasteiger partial charge in [-0.3, -0.25) is 0 Å². The van der Waals surface area contributed by atoms with Gasteiger partial charge in [-0.1, -0.05) is 0 Å². The molecule has 0 saturated heterocycles. The standard InChI is InChI=1S/C15H23N3O/c1-15(2,3)17-10-12-11-18(8-9-19-4)14-13(12)6-5-7-16-14/h5-7,11,17H,8-10H2,1-4H3. The third kappa shape index (κ3) is 3.55. The van der Waals surface area contributed by atoms with Gasteiger partial charge in [-0.25, -0.2) is 4.98 Å². The predicted molar refractivity (Wildman–Crippen MR) is 78.2 cm³/mol. The molecule has 2 aromatic rings. The van der Waals surface area contributed by atoms with Crippen molar-refractivity contribution in [3.8, 4) is 0 Å². The van der Waals surface area contributed by atoms with Crippen molar-refractivity contribution in [2.24, 2.45) is 0 Å². The van der Waals surface area contributed by atoms with Gasteiger partial charge in [0.1, 0.15) is 5.65 Å². The molecular formula is C15H23N3O. The minimum Gasteiger partial charge on any atom is -0.383 e. The smallest absolute Gasteiger partial charge is 0.140 e. The maximum atomic E-state index is 5.15. The molecule has 0 fully saturated rings. The summed E-state index contributed by atoms with van der Waals surface area (Å²) in [7, 11) is 1.72. The number of pyridine rings is 1. The molecule has 0 spiro atoms. The van der Waals surface area contributed by atoms with Crippen LogP contribution in [0.4, 0.5) is 0 Å². The van der Waals surface area contributed by atoms with Crippen molar-refractivity contribution >= 4 is 11.0 Å². The van der Waals surface area contributed by atoms with Gasteiger partial charge in [-0.15, -0.1) is 0 Å². The Bertz CT molecular complexity index is 540. The molecule has 4 nitrogen and oxygen atoms in total. The Kier molecular flexibility index (Phi) is 4.22. The van der Waals surface area contributed by atoms with Gasteiger partial charge < -0.3 is 14.6 Å². The second kappa shape index (κ2) is 5.72. The molecule has 2 rings (SSSR count). The van der Waals surface area contributed by atoms with E-state index < -0.39 is 0 Å². The fraction of sp³-hybridized carbons (Fsp3) is 0.533. The number of ether oxygens (including phenoxy) is 1. The summed E-state index contributed by atoms with van der Waals surface area (Å²) in [6.07, 6.45) is 4.02. The van der Waals surface area contributed by atoms with Crippen molar-refractivity contribution in [2.75, 3.05) is 13.7 Å². The fourth-order valence-electron chi connectivity index (χ4n) is 2.06. The van der Waals surface area contributed by atoms with E-state index in [1.807, 2.05) is 12.3 Å². The summed E-state index contributed by atoms with van der Waals surface area (Å²) in [6, 6.07) is 4.12. The van der Waals surface area contributed by atoms with Crippen molar-refractivity contribution in [3.63, 3.8) is 0 Å². The lowest BCUT2D eigenvalue weighted by molar-refractivity contribution is 0.188. The van der Waals surface area contributed by atoms with E-state index in [4.69, 9.17) is 4.74 Å². The van der Waals surface area contributed by atoms with Gasteiger partial charge in [0.15, 0.2) is 0 Å². The van der Waals surface area contributed by atoms with Crippen LogP contribution in [0.3, 0.4) is 0 Å². The van der Waals surface area contributed by atoms with Crippen molar-refractivity contribution in [2.45, 2.75) is 39.4 Å². The van der Waals surface area contributed by atoms with Crippen LogP contribution in [0.25, 0.3) is 11.0 Å². The van der Waals surface area contributed by atoms with Gasteiger partial charge in [0.2, 0.25) is 0 Å².